The first-order valence-corrected chi connectivity index (χ1v) is 6.59. The lowest BCUT2D eigenvalue weighted by Gasteiger charge is -2.14. The predicted octanol–water partition coefficient (Wildman–Crippen LogP) is 3.38. The van der Waals surface area contributed by atoms with E-state index >= 15 is 0 Å². The van der Waals surface area contributed by atoms with Crippen LogP contribution in [0.25, 0.3) is 0 Å². The number of hydrogen-bond acceptors (Lipinski definition) is 3. The standard InChI is InChI=1S/C15H15ClFN3O/c1-20(2)10-5-3-4-9(6-10)15(21)19-14-8-13(18)11(16)7-12(14)17/h3-8H,18H2,1-2H3,(H,19,21). The van der Waals surface area contributed by atoms with Crippen LogP contribution in [0.15, 0.2) is 36.4 Å². The van der Waals surface area contributed by atoms with Gasteiger partial charge < -0.3 is 16.0 Å². The molecule has 1 amide bonds. The fourth-order valence-corrected chi connectivity index (χ4v) is 1.93. The van der Waals surface area contributed by atoms with Gasteiger partial charge in [0.2, 0.25) is 0 Å². The number of nitrogens with two attached hydrogens (primary N) is 1. The Morgan fingerprint density at radius 2 is 2.00 bits per heavy atom. The molecule has 0 saturated carbocycles. The molecule has 0 saturated heterocycles. The molecule has 0 unspecified atom stereocenters. The van der Waals surface area contributed by atoms with Crippen molar-refractivity contribution in [3.63, 3.8) is 0 Å². The Bertz CT molecular complexity index is 689. The largest absolute Gasteiger partial charge is 0.397 e. The second kappa shape index (κ2) is 6.01. The minimum atomic E-state index is -0.633. The van der Waals surface area contributed by atoms with E-state index in [9.17, 15) is 9.18 Å². The van der Waals surface area contributed by atoms with Crippen LogP contribution in [-0.2, 0) is 0 Å². The van der Waals surface area contributed by atoms with Gasteiger partial charge in [-0.2, -0.15) is 0 Å². The molecule has 0 aliphatic rings. The summed E-state index contributed by atoms with van der Waals surface area (Å²) in [7, 11) is 3.74. The van der Waals surface area contributed by atoms with Crippen molar-refractivity contribution in [1.82, 2.24) is 0 Å². The second-order valence-electron chi connectivity index (χ2n) is 4.75. The molecule has 0 atom stereocenters. The molecule has 0 heterocycles. The monoisotopic (exact) mass is 307 g/mol. The maximum absolute atomic E-state index is 13.8. The van der Waals surface area contributed by atoms with Crippen molar-refractivity contribution in [3.05, 3.63) is 52.8 Å². The highest BCUT2D eigenvalue weighted by molar-refractivity contribution is 6.33. The number of rotatable bonds is 3. The van der Waals surface area contributed by atoms with Crippen molar-refractivity contribution in [3.8, 4) is 0 Å². The first kappa shape index (κ1) is 15.1. The molecule has 0 fully saturated rings. The van der Waals surface area contributed by atoms with E-state index in [2.05, 4.69) is 5.32 Å². The van der Waals surface area contributed by atoms with E-state index in [1.165, 1.54) is 6.07 Å². The molecule has 0 aliphatic carbocycles. The third kappa shape index (κ3) is 3.44. The molecule has 0 bridgehead atoms. The number of halogens is 2. The van der Waals surface area contributed by atoms with Crippen molar-refractivity contribution in [1.29, 1.82) is 0 Å². The summed E-state index contributed by atoms with van der Waals surface area (Å²) in [6, 6.07) is 9.37. The van der Waals surface area contributed by atoms with Crippen LogP contribution in [0.1, 0.15) is 10.4 Å². The maximum atomic E-state index is 13.8. The minimum absolute atomic E-state index is 0.00263. The summed E-state index contributed by atoms with van der Waals surface area (Å²) >= 11 is 5.71. The quantitative estimate of drug-likeness (QED) is 0.855. The summed E-state index contributed by atoms with van der Waals surface area (Å²) in [5.74, 6) is -1.05. The summed E-state index contributed by atoms with van der Waals surface area (Å²) in [4.78, 5) is 14.0. The summed E-state index contributed by atoms with van der Waals surface area (Å²) in [6.45, 7) is 0. The summed E-state index contributed by atoms with van der Waals surface area (Å²) in [5.41, 5.74) is 7.11. The average Bonchev–Trinajstić information content (AvgIpc) is 2.44. The zero-order chi connectivity index (χ0) is 15.6. The number of nitrogens with one attached hydrogen (secondary N) is 1. The van der Waals surface area contributed by atoms with E-state index in [0.717, 1.165) is 11.8 Å². The lowest BCUT2D eigenvalue weighted by molar-refractivity contribution is 0.102. The zero-order valence-electron chi connectivity index (χ0n) is 11.7. The Morgan fingerprint density at radius 3 is 2.67 bits per heavy atom. The van der Waals surface area contributed by atoms with Crippen molar-refractivity contribution < 1.29 is 9.18 Å². The van der Waals surface area contributed by atoms with Gasteiger partial charge in [0.15, 0.2) is 0 Å². The van der Waals surface area contributed by atoms with E-state index in [4.69, 9.17) is 17.3 Å². The third-order valence-corrected chi connectivity index (χ3v) is 3.29. The Balaban J connectivity index is 2.26. The van der Waals surface area contributed by atoms with Crippen LogP contribution in [0.5, 0.6) is 0 Å². The molecule has 2 aromatic rings. The maximum Gasteiger partial charge on any atom is 0.255 e. The number of benzene rings is 2. The molecule has 110 valence electrons. The lowest BCUT2D eigenvalue weighted by Crippen LogP contribution is -2.15. The van der Waals surface area contributed by atoms with Crippen LogP contribution < -0.4 is 16.0 Å². The van der Waals surface area contributed by atoms with Gasteiger partial charge in [0.05, 0.1) is 16.4 Å². The molecule has 0 radical (unpaired) electrons. The average molecular weight is 308 g/mol. The number of anilines is 3. The highest BCUT2D eigenvalue weighted by atomic mass is 35.5. The molecule has 0 aliphatic heterocycles. The van der Waals surface area contributed by atoms with Gasteiger partial charge in [0.25, 0.3) is 5.91 Å². The minimum Gasteiger partial charge on any atom is -0.397 e. The summed E-state index contributed by atoms with van der Waals surface area (Å²) in [5, 5.41) is 2.60. The second-order valence-corrected chi connectivity index (χ2v) is 5.16. The van der Waals surface area contributed by atoms with Crippen LogP contribution >= 0.6 is 11.6 Å². The van der Waals surface area contributed by atoms with Gasteiger partial charge in [-0.25, -0.2) is 4.39 Å². The smallest absolute Gasteiger partial charge is 0.255 e. The first-order chi connectivity index (χ1) is 9.88. The van der Waals surface area contributed by atoms with Gasteiger partial charge in [-0.05, 0) is 30.3 Å². The number of nitrogens with zero attached hydrogens (tertiary/aromatic N) is 1. The Hall–Kier alpha value is -2.27. The first-order valence-electron chi connectivity index (χ1n) is 6.21. The van der Waals surface area contributed by atoms with E-state index in [0.29, 0.717) is 5.56 Å². The van der Waals surface area contributed by atoms with Gasteiger partial charge in [-0.3, -0.25) is 4.79 Å². The van der Waals surface area contributed by atoms with Crippen molar-refractivity contribution in [2.45, 2.75) is 0 Å². The molecule has 21 heavy (non-hydrogen) atoms. The van der Waals surface area contributed by atoms with Crippen LogP contribution in [0.3, 0.4) is 0 Å². The SMILES string of the molecule is CN(C)c1cccc(C(=O)Nc2cc(N)c(Cl)cc2F)c1. The molecule has 2 rings (SSSR count). The topological polar surface area (TPSA) is 58.4 Å². The third-order valence-electron chi connectivity index (χ3n) is 2.96. The predicted molar refractivity (Wildman–Crippen MR) is 84.5 cm³/mol. The summed E-state index contributed by atoms with van der Waals surface area (Å²) < 4.78 is 13.8. The molecular formula is C15H15ClFN3O. The number of hydrogen-bond donors (Lipinski definition) is 2. The molecular weight excluding hydrogens is 293 g/mol. The molecule has 0 aromatic heterocycles. The van der Waals surface area contributed by atoms with E-state index in [1.807, 2.05) is 25.1 Å². The number of carbonyl (C=O) groups excluding carboxylic acids is 1. The summed E-state index contributed by atoms with van der Waals surface area (Å²) in [6.07, 6.45) is 0. The van der Waals surface area contributed by atoms with Crippen LogP contribution in [0.2, 0.25) is 5.02 Å². The van der Waals surface area contributed by atoms with Gasteiger partial charge in [0, 0.05) is 25.3 Å². The van der Waals surface area contributed by atoms with Gasteiger partial charge in [-0.1, -0.05) is 17.7 Å². The van der Waals surface area contributed by atoms with Crippen molar-refractivity contribution in [2.75, 3.05) is 30.0 Å². The molecule has 4 nitrogen and oxygen atoms in total. The molecule has 6 heteroatoms. The normalized spacial score (nSPS) is 10.3. The van der Waals surface area contributed by atoms with Crippen LogP contribution in [0.4, 0.5) is 21.5 Å². The van der Waals surface area contributed by atoms with Gasteiger partial charge in [-0.15, -0.1) is 0 Å². The van der Waals surface area contributed by atoms with Gasteiger partial charge >= 0.3 is 0 Å². The Labute approximate surface area is 127 Å². The fraction of sp³-hybridized carbons (Fsp3) is 0.133. The van der Waals surface area contributed by atoms with E-state index in [-0.39, 0.29) is 16.4 Å². The Kier molecular flexibility index (Phi) is 4.33. The molecule has 2 aromatic carbocycles. The molecule has 0 spiro atoms. The highest BCUT2D eigenvalue weighted by Crippen LogP contribution is 2.26. The van der Waals surface area contributed by atoms with Crippen LogP contribution in [0, 0.1) is 5.82 Å². The molecule has 3 N–H and O–H groups in total. The highest BCUT2D eigenvalue weighted by Gasteiger charge is 2.12. The number of carbonyl (C=O) groups is 1. The van der Waals surface area contributed by atoms with E-state index < -0.39 is 11.7 Å². The Morgan fingerprint density at radius 1 is 1.29 bits per heavy atom. The number of nitrogen functional groups attached to an aromatic ring is 1. The van der Waals surface area contributed by atoms with Gasteiger partial charge in [0.1, 0.15) is 5.82 Å². The van der Waals surface area contributed by atoms with Crippen molar-refractivity contribution in [2.24, 2.45) is 0 Å². The fourth-order valence-electron chi connectivity index (χ4n) is 1.78. The zero-order valence-corrected chi connectivity index (χ0v) is 12.4. The van der Waals surface area contributed by atoms with Crippen molar-refractivity contribution >= 4 is 34.6 Å². The van der Waals surface area contributed by atoms with E-state index in [1.54, 1.807) is 18.2 Å². The van der Waals surface area contributed by atoms with Crippen LogP contribution in [-0.4, -0.2) is 20.0 Å². The lowest BCUT2D eigenvalue weighted by atomic mass is 10.1. The number of amides is 1.